The highest BCUT2D eigenvalue weighted by Crippen LogP contribution is 2.23. The summed E-state index contributed by atoms with van der Waals surface area (Å²) in [4.78, 5) is 7.14. The number of imidazole rings is 1. The second-order valence-corrected chi connectivity index (χ2v) is 7.88. The van der Waals surface area contributed by atoms with Crippen LogP contribution in [0.1, 0.15) is 5.69 Å². The molecule has 4 rings (SSSR count). The van der Waals surface area contributed by atoms with Crippen molar-refractivity contribution in [2.75, 3.05) is 33.2 Å². The summed E-state index contributed by atoms with van der Waals surface area (Å²) in [7, 11) is 2.14. The highest BCUT2D eigenvalue weighted by atomic mass is 35.5. The normalized spacial score (nSPS) is 12.0. The summed E-state index contributed by atoms with van der Waals surface area (Å²) < 4.78 is 2.09. The molecule has 7 heteroatoms. The quantitative estimate of drug-likeness (QED) is 0.374. The number of hydrazone groups is 1. The summed E-state index contributed by atoms with van der Waals surface area (Å²) in [5, 5.41) is 13.7. The van der Waals surface area contributed by atoms with Crippen molar-refractivity contribution in [3.8, 4) is 11.4 Å². The third-order valence-electron chi connectivity index (χ3n) is 4.95. The van der Waals surface area contributed by atoms with Gasteiger partial charge in [0.2, 0.25) is 0 Å². The number of aromatic nitrogens is 2. The molecule has 1 fully saturated rings. The number of piperazine rings is 1. The van der Waals surface area contributed by atoms with Gasteiger partial charge in [-0.3, -0.25) is 14.8 Å². The second kappa shape index (κ2) is 16.0. The van der Waals surface area contributed by atoms with Gasteiger partial charge in [0, 0.05) is 60.3 Å². The van der Waals surface area contributed by atoms with Crippen LogP contribution in [0.15, 0.2) is 114 Å². The highest BCUT2D eigenvalue weighted by Gasteiger charge is 2.13. The predicted octanol–water partition coefficient (Wildman–Crippen LogP) is 5.54. The lowest BCUT2D eigenvalue weighted by atomic mass is 10.2. The van der Waals surface area contributed by atoms with E-state index < -0.39 is 0 Å². The van der Waals surface area contributed by atoms with Gasteiger partial charge in [0.1, 0.15) is 11.5 Å². The standard InChI is InChI=1S/C19H20ClN5.C6H3N.C5H4/c1-23-10-12-24(13-11-23)21-14-17-18-4-2-3-9-25(18)19(22-17)15-5-7-16(20)8-6-15;1-2-3-4-5-6-7;1-3-5-4-2/h2-9,14H,10-13H2,1H3;7H,1H2;1-2H2/b21-14+;;. The molecule has 0 radical (unpaired) electrons. The highest BCUT2D eigenvalue weighted by molar-refractivity contribution is 6.30. The molecule has 0 spiro atoms. The van der Waals surface area contributed by atoms with Crippen LogP contribution in [0.25, 0.3) is 16.9 Å². The summed E-state index contributed by atoms with van der Waals surface area (Å²) in [5.41, 5.74) is 19.2. The van der Waals surface area contributed by atoms with Crippen LogP contribution in [0.2, 0.25) is 5.02 Å². The number of rotatable bonds is 3. The molecule has 0 unspecified atom stereocenters. The number of fused-ring (bicyclic) bond motifs is 1. The van der Waals surface area contributed by atoms with E-state index >= 15 is 0 Å². The number of hydrogen-bond acceptors (Lipinski definition) is 5. The van der Waals surface area contributed by atoms with Gasteiger partial charge < -0.3 is 4.90 Å². The minimum absolute atomic E-state index is 0.724. The molecular weight excluding hydrogens is 480 g/mol. The SMILES string of the molecule is C=C=C=C=C.C=C=C=C=C=C=N.CN1CCN(/N=C/c2nc(-c3ccc(Cl)cc3)n3ccccc23)CC1. The average molecular weight is 507 g/mol. The van der Waals surface area contributed by atoms with Crippen LogP contribution in [0.3, 0.4) is 0 Å². The monoisotopic (exact) mass is 506 g/mol. The minimum atomic E-state index is 0.724. The van der Waals surface area contributed by atoms with Crippen molar-refractivity contribution in [1.82, 2.24) is 19.3 Å². The Morgan fingerprint density at radius 1 is 0.919 bits per heavy atom. The fraction of sp³-hybridized carbons (Fsp3) is 0.167. The molecule has 1 saturated heterocycles. The summed E-state index contributed by atoms with van der Waals surface area (Å²) >= 11 is 6.01. The first-order valence-corrected chi connectivity index (χ1v) is 11.6. The molecule has 1 aliphatic heterocycles. The number of nitrogens with one attached hydrogen (secondary N) is 1. The number of likely N-dealkylation sites (N-methyl/N-ethyl adjacent to an activating group) is 1. The predicted molar refractivity (Wildman–Crippen MR) is 152 cm³/mol. The Bertz CT molecular complexity index is 1470. The minimum Gasteiger partial charge on any atom is -0.303 e. The van der Waals surface area contributed by atoms with Crippen molar-refractivity contribution in [2.45, 2.75) is 0 Å². The first-order valence-electron chi connectivity index (χ1n) is 11.2. The zero-order chi connectivity index (χ0) is 26.9. The molecule has 184 valence electrons. The van der Waals surface area contributed by atoms with Crippen molar-refractivity contribution in [1.29, 1.82) is 5.41 Å². The molecule has 1 N–H and O–H groups in total. The van der Waals surface area contributed by atoms with Crippen LogP contribution in [0.4, 0.5) is 0 Å². The van der Waals surface area contributed by atoms with E-state index in [2.05, 4.69) is 92.4 Å². The number of nitrogens with zero attached hydrogens (tertiary/aromatic N) is 5. The van der Waals surface area contributed by atoms with E-state index in [1.807, 2.05) is 54.7 Å². The molecule has 37 heavy (non-hydrogen) atoms. The summed E-state index contributed by atoms with van der Waals surface area (Å²) in [5.74, 6) is 2.76. The maximum absolute atomic E-state index is 6.27. The Morgan fingerprint density at radius 2 is 1.59 bits per heavy atom. The van der Waals surface area contributed by atoms with Crippen molar-refractivity contribution >= 4 is 29.2 Å². The number of benzene rings is 1. The van der Waals surface area contributed by atoms with Gasteiger partial charge >= 0.3 is 0 Å². The lowest BCUT2D eigenvalue weighted by Gasteiger charge is -2.30. The van der Waals surface area contributed by atoms with E-state index in [0.29, 0.717) is 0 Å². The van der Waals surface area contributed by atoms with Gasteiger partial charge in [-0.05, 0) is 74.6 Å². The topological polar surface area (TPSA) is 60.0 Å². The third kappa shape index (κ3) is 9.45. The van der Waals surface area contributed by atoms with Gasteiger partial charge in [-0.2, -0.15) is 5.10 Å². The number of halogens is 1. The largest absolute Gasteiger partial charge is 0.303 e. The van der Waals surface area contributed by atoms with E-state index in [0.717, 1.165) is 53.8 Å². The zero-order valence-corrected chi connectivity index (χ0v) is 21.5. The van der Waals surface area contributed by atoms with Crippen LogP contribution in [-0.2, 0) is 0 Å². The van der Waals surface area contributed by atoms with Crippen LogP contribution >= 0.6 is 11.6 Å². The van der Waals surface area contributed by atoms with Crippen LogP contribution in [0.5, 0.6) is 0 Å². The number of hydrogen-bond donors (Lipinski definition) is 1. The van der Waals surface area contributed by atoms with Crippen molar-refractivity contribution in [3.05, 3.63) is 119 Å². The van der Waals surface area contributed by atoms with Gasteiger partial charge in [0.05, 0.1) is 11.7 Å². The first-order chi connectivity index (χ1) is 18.0. The zero-order valence-electron chi connectivity index (χ0n) is 20.8. The van der Waals surface area contributed by atoms with E-state index in [1.54, 1.807) is 0 Å². The van der Waals surface area contributed by atoms with Crippen LogP contribution < -0.4 is 0 Å². The molecule has 1 aliphatic rings. The van der Waals surface area contributed by atoms with E-state index in [9.17, 15) is 0 Å². The molecule has 0 amide bonds. The average Bonchev–Trinajstić information content (AvgIpc) is 3.29. The lowest BCUT2D eigenvalue weighted by Crippen LogP contribution is -2.41. The van der Waals surface area contributed by atoms with Crippen LogP contribution in [-0.4, -0.2) is 64.6 Å². The summed E-state index contributed by atoms with van der Waals surface area (Å²) in [6, 6.07) is 13.9. The Kier molecular flexibility index (Phi) is 12.4. The molecule has 0 saturated carbocycles. The van der Waals surface area contributed by atoms with Gasteiger partial charge in [-0.1, -0.05) is 34.9 Å². The molecule has 2 aromatic heterocycles. The van der Waals surface area contributed by atoms with Gasteiger partial charge in [-0.25, -0.2) is 4.98 Å². The summed E-state index contributed by atoms with van der Waals surface area (Å²) in [6.45, 7) is 13.6. The van der Waals surface area contributed by atoms with E-state index in [4.69, 9.17) is 22.0 Å². The Morgan fingerprint density at radius 3 is 2.19 bits per heavy atom. The molecule has 0 bridgehead atoms. The molecule has 1 aromatic carbocycles. The first kappa shape index (κ1) is 28.5. The lowest BCUT2D eigenvalue weighted by molar-refractivity contribution is 0.159. The van der Waals surface area contributed by atoms with Crippen molar-refractivity contribution in [3.63, 3.8) is 0 Å². The molecule has 0 aliphatic carbocycles. The van der Waals surface area contributed by atoms with Crippen molar-refractivity contribution in [2.24, 2.45) is 5.10 Å². The number of pyridine rings is 1. The molecule has 3 aromatic rings. The molecule has 3 heterocycles. The van der Waals surface area contributed by atoms with Gasteiger partial charge in [-0.15, -0.1) is 0 Å². The smallest absolute Gasteiger partial charge is 0.145 e. The Balaban J connectivity index is 0.000000337. The third-order valence-corrected chi connectivity index (χ3v) is 5.21. The fourth-order valence-electron chi connectivity index (χ4n) is 3.18. The Labute approximate surface area is 222 Å². The maximum Gasteiger partial charge on any atom is 0.145 e. The van der Waals surface area contributed by atoms with Crippen LogP contribution in [0, 0.1) is 5.41 Å². The van der Waals surface area contributed by atoms with Crippen molar-refractivity contribution < 1.29 is 0 Å². The summed E-state index contributed by atoms with van der Waals surface area (Å²) in [6.07, 6.45) is 3.90. The van der Waals surface area contributed by atoms with Gasteiger partial charge in [0.15, 0.2) is 0 Å². The molecule has 6 nitrogen and oxygen atoms in total. The van der Waals surface area contributed by atoms with Gasteiger partial charge in [0.25, 0.3) is 0 Å². The van der Waals surface area contributed by atoms with E-state index in [-0.39, 0.29) is 0 Å². The van der Waals surface area contributed by atoms with E-state index in [1.165, 1.54) is 0 Å². The maximum atomic E-state index is 6.27. The molecular formula is C30H27ClN6. The second-order valence-electron chi connectivity index (χ2n) is 7.44. The molecule has 0 atom stereocenters. The fourth-order valence-corrected chi connectivity index (χ4v) is 3.30. The Hall–Kier alpha value is -4.72.